The number of hydrogen-bond acceptors (Lipinski definition) is 4. The maximum atomic E-state index is 12.8. The van der Waals surface area contributed by atoms with Crippen LogP contribution in [0.15, 0.2) is 42.5 Å². The normalized spacial score (nSPS) is 17.1. The number of aryl methyl sites for hydroxylation is 1. The summed E-state index contributed by atoms with van der Waals surface area (Å²) in [5.41, 5.74) is 3.92. The van der Waals surface area contributed by atoms with Crippen LogP contribution in [0.3, 0.4) is 0 Å². The number of rotatable bonds is 3. The topological polar surface area (TPSA) is 86.4 Å². The van der Waals surface area contributed by atoms with E-state index in [4.69, 9.17) is 4.98 Å². The van der Waals surface area contributed by atoms with Gasteiger partial charge in [0.15, 0.2) is 0 Å². The number of hydrogen-bond donors (Lipinski definition) is 1. The Bertz CT molecular complexity index is 1140. The van der Waals surface area contributed by atoms with Gasteiger partial charge in [0.2, 0.25) is 5.91 Å². The highest BCUT2D eigenvalue weighted by molar-refractivity contribution is 6.22. The summed E-state index contributed by atoms with van der Waals surface area (Å²) in [5, 5.41) is 0. The molecule has 7 nitrogen and oxygen atoms in total. The SMILES string of the molecule is Cc1ccc2nc(C3CCN(C(=O)CN4C(=O)c5ccccc5C4=O)CC3)[nH]c2c1. The molecular formula is C23H22N4O3. The summed E-state index contributed by atoms with van der Waals surface area (Å²) in [6.07, 6.45) is 1.60. The number of nitrogens with zero attached hydrogens (tertiary/aromatic N) is 3. The number of amides is 3. The second-order valence-corrected chi connectivity index (χ2v) is 8.04. The van der Waals surface area contributed by atoms with Gasteiger partial charge in [-0.05, 0) is 49.6 Å². The van der Waals surface area contributed by atoms with Gasteiger partial charge in [-0.3, -0.25) is 19.3 Å². The maximum absolute atomic E-state index is 12.8. The number of likely N-dealkylation sites (tertiary alicyclic amines) is 1. The minimum atomic E-state index is -0.392. The monoisotopic (exact) mass is 402 g/mol. The van der Waals surface area contributed by atoms with Crippen molar-refractivity contribution in [2.75, 3.05) is 19.6 Å². The van der Waals surface area contributed by atoms with Gasteiger partial charge in [0, 0.05) is 19.0 Å². The first-order chi connectivity index (χ1) is 14.5. The van der Waals surface area contributed by atoms with E-state index in [1.54, 1.807) is 29.2 Å². The van der Waals surface area contributed by atoms with Gasteiger partial charge in [-0.25, -0.2) is 4.98 Å². The summed E-state index contributed by atoms with van der Waals surface area (Å²) in [7, 11) is 0. The van der Waals surface area contributed by atoms with Crippen LogP contribution in [0.4, 0.5) is 0 Å². The molecule has 2 aromatic carbocycles. The van der Waals surface area contributed by atoms with Gasteiger partial charge in [0.05, 0.1) is 22.2 Å². The Morgan fingerprint density at radius 3 is 2.40 bits per heavy atom. The van der Waals surface area contributed by atoms with Gasteiger partial charge in [-0.1, -0.05) is 18.2 Å². The van der Waals surface area contributed by atoms with Crippen LogP contribution in [0.5, 0.6) is 0 Å². The van der Waals surface area contributed by atoms with Crippen molar-refractivity contribution in [1.29, 1.82) is 0 Å². The molecule has 0 aliphatic carbocycles. The average Bonchev–Trinajstić information content (AvgIpc) is 3.28. The third-order valence-electron chi connectivity index (χ3n) is 6.06. The van der Waals surface area contributed by atoms with E-state index < -0.39 is 11.8 Å². The van der Waals surface area contributed by atoms with Crippen LogP contribution >= 0.6 is 0 Å². The number of benzene rings is 2. The van der Waals surface area contributed by atoms with Gasteiger partial charge in [-0.2, -0.15) is 0 Å². The summed E-state index contributed by atoms with van der Waals surface area (Å²) >= 11 is 0. The van der Waals surface area contributed by atoms with E-state index in [9.17, 15) is 14.4 Å². The highest BCUT2D eigenvalue weighted by Gasteiger charge is 2.37. The molecular weight excluding hydrogens is 380 g/mol. The molecule has 1 fully saturated rings. The van der Waals surface area contributed by atoms with E-state index in [0.29, 0.717) is 24.2 Å². The fourth-order valence-corrected chi connectivity index (χ4v) is 4.36. The molecule has 0 atom stereocenters. The Hall–Kier alpha value is -3.48. The van der Waals surface area contributed by atoms with Crippen molar-refractivity contribution >= 4 is 28.8 Å². The Morgan fingerprint density at radius 1 is 1.07 bits per heavy atom. The van der Waals surface area contributed by atoms with E-state index >= 15 is 0 Å². The van der Waals surface area contributed by atoms with E-state index in [2.05, 4.69) is 18.0 Å². The van der Waals surface area contributed by atoms with Gasteiger partial charge in [0.25, 0.3) is 11.8 Å². The van der Waals surface area contributed by atoms with Crippen LogP contribution in [0.2, 0.25) is 0 Å². The molecule has 0 spiro atoms. The quantitative estimate of drug-likeness (QED) is 0.683. The number of nitrogens with one attached hydrogen (secondary N) is 1. The first-order valence-electron chi connectivity index (χ1n) is 10.2. The summed E-state index contributed by atoms with van der Waals surface area (Å²) in [4.78, 5) is 48.7. The van der Waals surface area contributed by atoms with Crippen LogP contribution < -0.4 is 0 Å². The van der Waals surface area contributed by atoms with Crippen LogP contribution in [-0.4, -0.2) is 57.1 Å². The lowest BCUT2D eigenvalue weighted by molar-refractivity contribution is -0.132. The fourth-order valence-electron chi connectivity index (χ4n) is 4.36. The minimum Gasteiger partial charge on any atom is -0.342 e. The molecule has 1 aromatic heterocycles. The summed E-state index contributed by atoms with van der Waals surface area (Å²) in [5.74, 6) is 0.250. The third-order valence-corrected chi connectivity index (χ3v) is 6.06. The van der Waals surface area contributed by atoms with Gasteiger partial charge in [-0.15, -0.1) is 0 Å². The fraction of sp³-hybridized carbons (Fsp3) is 0.304. The molecule has 7 heteroatoms. The van der Waals surface area contributed by atoms with E-state index in [0.717, 1.165) is 34.6 Å². The van der Waals surface area contributed by atoms with Crippen molar-refractivity contribution in [3.05, 3.63) is 65.0 Å². The Kier molecular flexibility index (Phi) is 4.38. The van der Waals surface area contributed by atoms with Crippen molar-refractivity contribution in [3.8, 4) is 0 Å². The molecule has 1 N–H and O–H groups in total. The minimum absolute atomic E-state index is 0.191. The number of aromatic nitrogens is 2. The number of fused-ring (bicyclic) bond motifs is 2. The van der Waals surface area contributed by atoms with Crippen molar-refractivity contribution < 1.29 is 14.4 Å². The summed E-state index contributed by atoms with van der Waals surface area (Å²) in [6, 6.07) is 12.9. The number of aromatic amines is 1. The molecule has 0 saturated carbocycles. The number of carbonyl (C=O) groups is 3. The van der Waals surface area contributed by atoms with Crippen molar-refractivity contribution in [2.24, 2.45) is 0 Å². The molecule has 152 valence electrons. The lowest BCUT2D eigenvalue weighted by Gasteiger charge is -2.32. The molecule has 1 saturated heterocycles. The zero-order valence-corrected chi connectivity index (χ0v) is 16.7. The molecule has 3 heterocycles. The van der Waals surface area contributed by atoms with Crippen LogP contribution in [0, 0.1) is 6.92 Å². The molecule has 5 rings (SSSR count). The molecule has 2 aliphatic rings. The molecule has 3 aromatic rings. The van der Waals surface area contributed by atoms with Crippen molar-refractivity contribution in [1.82, 2.24) is 19.8 Å². The summed E-state index contributed by atoms with van der Waals surface area (Å²) in [6.45, 7) is 3.02. The van der Waals surface area contributed by atoms with Crippen LogP contribution in [-0.2, 0) is 4.79 Å². The summed E-state index contributed by atoms with van der Waals surface area (Å²) < 4.78 is 0. The lowest BCUT2D eigenvalue weighted by Crippen LogP contribution is -2.45. The third kappa shape index (κ3) is 3.07. The van der Waals surface area contributed by atoms with Crippen molar-refractivity contribution in [2.45, 2.75) is 25.7 Å². The Labute approximate surface area is 173 Å². The van der Waals surface area contributed by atoms with Crippen LogP contribution in [0.1, 0.15) is 50.9 Å². The first kappa shape index (κ1) is 18.5. The van der Waals surface area contributed by atoms with Gasteiger partial charge < -0.3 is 9.88 Å². The van der Waals surface area contributed by atoms with E-state index in [1.807, 2.05) is 12.1 Å². The average molecular weight is 402 g/mol. The lowest BCUT2D eigenvalue weighted by atomic mass is 9.96. The predicted molar refractivity (Wildman–Crippen MR) is 111 cm³/mol. The maximum Gasteiger partial charge on any atom is 0.262 e. The highest BCUT2D eigenvalue weighted by atomic mass is 16.2. The Balaban J connectivity index is 1.23. The molecule has 3 amide bonds. The Morgan fingerprint density at radius 2 is 1.73 bits per heavy atom. The smallest absolute Gasteiger partial charge is 0.262 e. The second-order valence-electron chi connectivity index (χ2n) is 8.04. The molecule has 0 bridgehead atoms. The number of H-pyrrole nitrogens is 1. The van der Waals surface area contributed by atoms with Crippen LogP contribution in [0.25, 0.3) is 11.0 Å². The van der Waals surface area contributed by atoms with Gasteiger partial charge >= 0.3 is 0 Å². The van der Waals surface area contributed by atoms with E-state index in [1.165, 1.54) is 5.56 Å². The van der Waals surface area contributed by atoms with Gasteiger partial charge in [0.1, 0.15) is 12.4 Å². The highest BCUT2D eigenvalue weighted by Crippen LogP contribution is 2.29. The zero-order valence-electron chi connectivity index (χ0n) is 16.7. The largest absolute Gasteiger partial charge is 0.342 e. The van der Waals surface area contributed by atoms with E-state index in [-0.39, 0.29) is 18.4 Å². The molecule has 0 unspecified atom stereocenters. The molecule has 30 heavy (non-hydrogen) atoms. The number of carbonyl (C=O) groups excluding carboxylic acids is 3. The number of imidazole rings is 1. The second kappa shape index (κ2) is 7.09. The zero-order chi connectivity index (χ0) is 20.8. The predicted octanol–water partition coefficient (Wildman–Crippen LogP) is 2.87. The molecule has 2 aliphatic heterocycles. The number of imide groups is 1. The first-order valence-corrected chi connectivity index (χ1v) is 10.2. The molecule has 0 radical (unpaired) electrons. The number of piperidine rings is 1. The standard InChI is InChI=1S/C23H22N4O3/c1-14-6-7-18-19(12-14)25-21(24-18)15-8-10-26(11-9-15)20(28)13-27-22(29)16-4-2-3-5-17(16)23(27)30/h2-7,12,15H,8-11,13H2,1H3,(H,24,25). The van der Waals surface area contributed by atoms with Crippen molar-refractivity contribution in [3.63, 3.8) is 0 Å².